The lowest BCUT2D eigenvalue weighted by Gasteiger charge is -1.99. The first-order chi connectivity index (χ1) is 8.63. The predicted octanol–water partition coefficient (Wildman–Crippen LogP) is 4.12. The van der Waals surface area contributed by atoms with Gasteiger partial charge in [-0.2, -0.15) is 0 Å². The van der Waals surface area contributed by atoms with E-state index in [-0.39, 0.29) is 11.6 Å². The lowest BCUT2D eigenvalue weighted by molar-refractivity contribution is 0.476. The van der Waals surface area contributed by atoms with Gasteiger partial charge in [0, 0.05) is 5.56 Å². The highest BCUT2D eigenvalue weighted by Crippen LogP contribution is 2.32. The van der Waals surface area contributed by atoms with Crippen LogP contribution in [0.1, 0.15) is 5.56 Å². The fourth-order valence-corrected chi connectivity index (χ4v) is 2.81. The van der Waals surface area contributed by atoms with E-state index in [1.807, 2.05) is 0 Å². The molecule has 0 saturated heterocycles. The van der Waals surface area contributed by atoms with E-state index in [1.54, 1.807) is 37.3 Å². The van der Waals surface area contributed by atoms with Crippen molar-refractivity contribution in [3.8, 4) is 16.3 Å². The molecular weight excluding hydrogens is 249 g/mol. The minimum atomic E-state index is -0.211. The fraction of sp³-hybridized carbons (Fsp3) is 0.0714. The molecular formula is C14H10FNOS. The smallest absolute Gasteiger partial charge is 0.126 e. The number of thiazole rings is 1. The molecule has 0 atom stereocenters. The number of hydrogen-bond donors (Lipinski definition) is 1. The van der Waals surface area contributed by atoms with Gasteiger partial charge in [-0.15, -0.1) is 11.3 Å². The van der Waals surface area contributed by atoms with Crippen molar-refractivity contribution >= 4 is 21.6 Å². The highest BCUT2D eigenvalue weighted by molar-refractivity contribution is 7.21. The van der Waals surface area contributed by atoms with E-state index >= 15 is 0 Å². The van der Waals surface area contributed by atoms with E-state index in [1.165, 1.54) is 17.4 Å². The van der Waals surface area contributed by atoms with Crippen molar-refractivity contribution in [2.45, 2.75) is 6.92 Å². The molecule has 0 fully saturated rings. The molecule has 18 heavy (non-hydrogen) atoms. The number of fused-ring (bicyclic) bond motifs is 1. The summed E-state index contributed by atoms with van der Waals surface area (Å²) in [4.78, 5) is 4.48. The van der Waals surface area contributed by atoms with Gasteiger partial charge < -0.3 is 5.11 Å². The van der Waals surface area contributed by atoms with Crippen LogP contribution in [0.5, 0.6) is 5.75 Å². The van der Waals surface area contributed by atoms with Gasteiger partial charge in [-0.25, -0.2) is 9.37 Å². The molecule has 90 valence electrons. The number of benzene rings is 2. The van der Waals surface area contributed by atoms with E-state index in [2.05, 4.69) is 4.98 Å². The molecule has 2 nitrogen and oxygen atoms in total. The average molecular weight is 259 g/mol. The number of phenols is 1. The topological polar surface area (TPSA) is 33.1 Å². The van der Waals surface area contributed by atoms with Crippen LogP contribution in [0.15, 0.2) is 36.4 Å². The number of rotatable bonds is 1. The van der Waals surface area contributed by atoms with Gasteiger partial charge in [-0.3, -0.25) is 0 Å². The number of aromatic hydroxyl groups is 1. The van der Waals surface area contributed by atoms with Crippen LogP contribution in [0, 0.1) is 12.7 Å². The molecule has 0 bridgehead atoms. The molecule has 0 saturated carbocycles. The van der Waals surface area contributed by atoms with E-state index < -0.39 is 0 Å². The summed E-state index contributed by atoms with van der Waals surface area (Å²) in [5, 5.41) is 10.3. The standard InChI is InChI=1S/C14H10FNOS/c1-8-6-9(2-4-11(8)15)14-16-12-5-3-10(17)7-13(12)18-14/h2-7,17H,1H3. The Labute approximate surface area is 107 Å². The highest BCUT2D eigenvalue weighted by atomic mass is 32.1. The maximum atomic E-state index is 13.2. The van der Waals surface area contributed by atoms with Gasteiger partial charge in [0.05, 0.1) is 10.2 Å². The van der Waals surface area contributed by atoms with Gasteiger partial charge in [0.1, 0.15) is 16.6 Å². The van der Waals surface area contributed by atoms with Crippen molar-refractivity contribution in [1.82, 2.24) is 4.98 Å². The van der Waals surface area contributed by atoms with E-state index in [0.717, 1.165) is 20.8 Å². The molecule has 0 amide bonds. The SMILES string of the molecule is Cc1cc(-c2nc3ccc(O)cc3s2)ccc1F. The molecule has 1 heterocycles. The quantitative estimate of drug-likeness (QED) is 0.713. The molecule has 2 aromatic carbocycles. The number of phenolic OH excluding ortho intramolecular Hbond substituents is 1. The first kappa shape index (κ1) is 11.2. The maximum Gasteiger partial charge on any atom is 0.126 e. The van der Waals surface area contributed by atoms with Crippen LogP contribution in [0.25, 0.3) is 20.8 Å². The van der Waals surface area contributed by atoms with Crippen molar-refractivity contribution in [3.63, 3.8) is 0 Å². The fourth-order valence-electron chi connectivity index (χ4n) is 1.81. The molecule has 0 radical (unpaired) electrons. The highest BCUT2D eigenvalue weighted by Gasteiger charge is 2.08. The Morgan fingerprint density at radius 2 is 2.00 bits per heavy atom. The third-order valence-corrected chi connectivity index (χ3v) is 3.84. The summed E-state index contributed by atoms with van der Waals surface area (Å²) in [6.07, 6.45) is 0. The van der Waals surface area contributed by atoms with Crippen molar-refractivity contribution in [2.75, 3.05) is 0 Å². The van der Waals surface area contributed by atoms with Crippen molar-refractivity contribution in [3.05, 3.63) is 47.8 Å². The molecule has 0 aliphatic carbocycles. The van der Waals surface area contributed by atoms with Crippen LogP contribution >= 0.6 is 11.3 Å². The lowest BCUT2D eigenvalue weighted by atomic mass is 10.1. The van der Waals surface area contributed by atoms with Crippen LogP contribution in [-0.2, 0) is 0 Å². The summed E-state index contributed by atoms with van der Waals surface area (Å²) >= 11 is 1.49. The Morgan fingerprint density at radius 1 is 1.17 bits per heavy atom. The lowest BCUT2D eigenvalue weighted by Crippen LogP contribution is -1.83. The Kier molecular flexibility index (Phi) is 2.52. The van der Waals surface area contributed by atoms with Crippen LogP contribution < -0.4 is 0 Å². The molecule has 4 heteroatoms. The molecule has 0 aliphatic heterocycles. The zero-order valence-corrected chi connectivity index (χ0v) is 10.5. The van der Waals surface area contributed by atoms with Crippen LogP contribution in [-0.4, -0.2) is 10.1 Å². The first-order valence-electron chi connectivity index (χ1n) is 5.49. The zero-order valence-electron chi connectivity index (χ0n) is 9.64. The van der Waals surface area contributed by atoms with Gasteiger partial charge in [-0.1, -0.05) is 0 Å². The van der Waals surface area contributed by atoms with Crippen LogP contribution in [0.2, 0.25) is 0 Å². The molecule has 0 aliphatic rings. The Balaban J connectivity index is 2.16. The molecule has 0 spiro atoms. The molecule has 1 N–H and O–H groups in total. The second-order valence-electron chi connectivity index (χ2n) is 4.14. The van der Waals surface area contributed by atoms with Crippen LogP contribution in [0.3, 0.4) is 0 Å². The Bertz CT molecular complexity index is 736. The monoisotopic (exact) mass is 259 g/mol. The predicted molar refractivity (Wildman–Crippen MR) is 71.4 cm³/mol. The Hall–Kier alpha value is -1.94. The molecule has 3 aromatic rings. The van der Waals surface area contributed by atoms with E-state index in [9.17, 15) is 9.50 Å². The van der Waals surface area contributed by atoms with Crippen molar-refractivity contribution in [2.24, 2.45) is 0 Å². The van der Waals surface area contributed by atoms with Gasteiger partial charge in [0.25, 0.3) is 0 Å². The molecule has 0 unspecified atom stereocenters. The number of aromatic nitrogens is 1. The van der Waals surface area contributed by atoms with Gasteiger partial charge >= 0.3 is 0 Å². The number of aryl methyl sites for hydroxylation is 1. The van der Waals surface area contributed by atoms with Crippen molar-refractivity contribution in [1.29, 1.82) is 0 Å². The first-order valence-corrected chi connectivity index (χ1v) is 6.31. The van der Waals surface area contributed by atoms with E-state index in [0.29, 0.717) is 5.56 Å². The summed E-state index contributed by atoms with van der Waals surface area (Å²) in [6.45, 7) is 1.73. The summed E-state index contributed by atoms with van der Waals surface area (Å²) in [7, 11) is 0. The maximum absolute atomic E-state index is 13.2. The minimum absolute atomic E-state index is 0.211. The zero-order chi connectivity index (χ0) is 12.7. The van der Waals surface area contributed by atoms with E-state index in [4.69, 9.17) is 0 Å². The summed E-state index contributed by atoms with van der Waals surface area (Å²) in [5.74, 6) is 0.0190. The third-order valence-electron chi connectivity index (χ3n) is 2.78. The number of halogens is 1. The van der Waals surface area contributed by atoms with Gasteiger partial charge in [0.2, 0.25) is 0 Å². The van der Waals surface area contributed by atoms with Gasteiger partial charge in [-0.05, 0) is 48.9 Å². The van der Waals surface area contributed by atoms with Crippen molar-refractivity contribution < 1.29 is 9.50 Å². The average Bonchev–Trinajstić information content (AvgIpc) is 2.75. The second-order valence-corrected chi connectivity index (χ2v) is 5.17. The summed E-state index contributed by atoms with van der Waals surface area (Å²) in [5.41, 5.74) is 2.35. The molecule has 3 rings (SSSR count). The number of nitrogens with zero attached hydrogens (tertiary/aromatic N) is 1. The normalized spacial score (nSPS) is 11.0. The largest absolute Gasteiger partial charge is 0.508 e. The third kappa shape index (κ3) is 1.84. The summed E-state index contributed by atoms with van der Waals surface area (Å²) in [6, 6.07) is 10.0. The minimum Gasteiger partial charge on any atom is -0.508 e. The van der Waals surface area contributed by atoms with Gasteiger partial charge in [0.15, 0.2) is 0 Å². The second kappa shape index (κ2) is 4.07. The summed E-state index contributed by atoms with van der Waals surface area (Å²) < 4.78 is 14.1. The van der Waals surface area contributed by atoms with Crippen LogP contribution in [0.4, 0.5) is 4.39 Å². The number of hydrogen-bond acceptors (Lipinski definition) is 3. The Morgan fingerprint density at radius 3 is 2.78 bits per heavy atom. The molecule has 1 aromatic heterocycles.